The van der Waals surface area contributed by atoms with E-state index in [4.69, 9.17) is 4.98 Å². The summed E-state index contributed by atoms with van der Waals surface area (Å²) in [7, 11) is 1.94. The lowest BCUT2D eigenvalue weighted by molar-refractivity contribution is 0.771. The van der Waals surface area contributed by atoms with Crippen molar-refractivity contribution in [3.63, 3.8) is 0 Å². The summed E-state index contributed by atoms with van der Waals surface area (Å²) in [5.41, 5.74) is 3.13. The third kappa shape index (κ3) is 2.22. The minimum Gasteiger partial charge on any atom is -0.316 e. The van der Waals surface area contributed by atoms with Gasteiger partial charge in [0.25, 0.3) is 0 Å². The molecule has 4 heteroatoms. The number of hydrogen-bond acceptors (Lipinski definition) is 3. The van der Waals surface area contributed by atoms with Crippen molar-refractivity contribution in [2.45, 2.75) is 13.5 Å². The number of rotatable bonds is 3. The zero-order valence-electron chi connectivity index (χ0n) is 11.1. The van der Waals surface area contributed by atoms with Crippen molar-refractivity contribution in [3.05, 3.63) is 53.9 Å². The second-order valence-corrected chi connectivity index (χ2v) is 4.60. The molecule has 0 spiro atoms. The third-order valence-electron chi connectivity index (χ3n) is 3.09. The fraction of sp³-hybridized carbons (Fsp3) is 0.200. The molecule has 4 nitrogen and oxygen atoms in total. The highest BCUT2D eigenvalue weighted by Gasteiger charge is 2.09. The lowest BCUT2D eigenvalue weighted by atomic mass is 10.1. The van der Waals surface area contributed by atoms with E-state index in [2.05, 4.69) is 22.5 Å². The highest BCUT2D eigenvalue weighted by Crippen LogP contribution is 2.19. The second kappa shape index (κ2) is 4.82. The Morgan fingerprint density at radius 3 is 2.79 bits per heavy atom. The normalized spacial score (nSPS) is 11.1. The van der Waals surface area contributed by atoms with Gasteiger partial charge in [-0.1, -0.05) is 18.2 Å². The highest BCUT2D eigenvalue weighted by atomic mass is 15.3. The van der Waals surface area contributed by atoms with Crippen molar-refractivity contribution in [1.82, 2.24) is 20.1 Å². The molecule has 19 heavy (non-hydrogen) atoms. The van der Waals surface area contributed by atoms with Gasteiger partial charge in [0.15, 0.2) is 5.82 Å². The first-order valence-electron chi connectivity index (χ1n) is 6.34. The van der Waals surface area contributed by atoms with Crippen LogP contribution in [0.5, 0.6) is 0 Å². The SMILES string of the molecule is CNCc1cc2ccccc2nc1-n1ccc(C)n1. The largest absolute Gasteiger partial charge is 0.316 e. The van der Waals surface area contributed by atoms with Crippen molar-refractivity contribution < 1.29 is 0 Å². The minimum atomic E-state index is 0.770. The number of para-hydroxylation sites is 1. The molecule has 2 aromatic heterocycles. The predicted molar refractivity (Wildman–Crippen MR) is 76.4 cm³/mol. The van der Waals surface area contributed by atoms with Crippen LogP contribution in [0.3, 0.4) is 0 Å². The lowest BCUT2D eigenvalue weighted by Gasteiger charge is -2.10. The monoisotopic (exact) mass is 252 g/mol. The first-order chi connectivity index (χ1) is 9.28. The first kappa shape index (κ1) is 11.9. The summed E-state index contributed by atoms with van der Waals surface area (Å²) in [6, 6.07) is 12.3. The predicted octanol–water partition coefficient (Wildman–Crippen LogP) is 2.45. The number of nitrogens with one attached hydrogen (secondary N) is 1. The number of hydrogen-bond donors (Lipinski definition) is 1. The number of aromatic nitrogens is 3. The second-order valence-electron chi connectivity index (χ2n) is 4.60. The van der Waals surface area contributed by atoms with Crippen molar-refractivity contribution in [2.75, 3.05) is 7.05 Å². The molecule has 0 aliphatic rings. The van der Waals surface area contributed by atoms with Crippen molar-refractivity contribution >= 4 is 10.9 Å². The Balaban J connectivity index is 2.22. The molecule has 0 aliphatic heterocycles. The van der Waals surface area contributed by atoms with Crippen LogP contribution in [0.15, 0.2) is 42.6 Å². The molecular formula is C15H16N4. The number of benzene rings is 1. The van der Waals surface area contributed by atoms with E-state index in [1.807, 2.05) is 49.1 Å². The highest BCUT2D eigenvalue weighted by molar-refractivity contribution is 5.80. The topological polar surface area (TPSA) is 42.7 Å². The van der Waals surface area contributed by atoms with Crippen LogP contribution in [-0.4, -0.2) is 21.8 Å². The summed E-state index contributed by atoms with van der Waals surface area (Å²) in [6.45, 7) is 2.75. The minimum absolute atomic E-state index is 0.770. The summed E-state index contributed by atoms with van der Waals surface area (Å²) < 4.78 is 1.84. The Labute approximate surface area is 112 Å². The van der Waals surface area contributed by atoms with E-state index in [-0.39, 0.29) is 0 Å². The average Bonchev–Trinajstić information content (AvgIpc) is 2.85. The molecule has 0 atom stereocenters. The number of nitrogens with zero attached hydrogens (tertiary/aromatic N) is 3. The van der Waals surface area contributed by atoms with E-state index in [0.717, 1.165) is 34.5 Å². The van der Waals surface area contributed by atoms with Gasteiger partial charge in [-0.05, 0) is 32.2 Å². The molecule has 0 saturated heterocycles. The van der Waals surface area contributed by atoms with E-state index in [9.17, 15) is 0 Å². The van der Waals surface area contributed by atoms with E-state index < -0.39 is 0 Å². The van der Waals surface area contributed by atoms with E-state index in [1.54, 1.807) is 0 Å². The quantitative estimate of drug-likeness (QED) is 0.778. The maximum absolute atomic E-state index is 4.74. The van der Waals surface area contributed by atoms with Crippen LogP contribution in [0.25, 0.3) is 16.7 Å². The molecular weight excluding hydrogens is 236 g/mol. The maximum Gasteiger partial charge on any atom is 0.158 e. The van der Waals surface area contributed by atoms with E-state index >= 15 is 0 Å². The lowest BCUT2D eigenvalue weighted by Crippen LogP contribution is -2.11. The maximum atomic E-state index is 4.74. The Kier molecular flexibility index (Phi) is 3.01. The average molecular weight is 252 g/mol. The fourth-order valence-electron chi connectivity index (χ4n) is 2.20. The van der Waals surface area contributed by atoms with Gasteiger partial charge < -0.3 is 5.32 Å². The van der Waals surface area contributed by atoms with Gasteiger partial charge in [-0.15, -0.1) is 0 Å². The van der Waals surface area contributed by atoms with Crippen molar-refractivity contribution in [1.29, 1.82) is 0 Å². The molecule has 0 saturated carbocycles. The van der Waals surface area contributed by atoms with Crippen LogP contribution in [0.4, 0.5) is 0 Å². The van der Waals surface area contributed by atoms with E-state index in [0.29, 0.717) is 0 Å². The molecule has 3 rings (SSSR count). The van der Waals surface area contributed by atoms with E-state index in [1.165, 1.54) is 0 Å². The molecule has 0 unspecified atom stereocenters. The summed E-state index contributed by atoms with van der Waals surface area (Å²) in [5, 5.41) is 8.79. The molecule has 1 N–H and O–H groups in total. The Bertz CT molecular complexity index is 715. The standard InChI is InChI=1S/C15H16N4/c1-11-7-8-19(18-11)15-13(10-16-2)9-12-5-3-4-6-14(12)17-15/h3-9,16H,10H2,1-2H3. The summed E-state index contributed by atoms with van der Waals surface area (Å²) in [4.78, 5) is 4.74. The number of fused-ring (bicyclic) bond motifs is 1. The molecule has 96 valence electrons. The van der Waals surface area contributed by atoms with Gasteiger partial charge in [0.1, 0.15) is 0 Å². The van der Waals surface area contributed by atoms with Crippen LogP contribution in [0, 0.1) is 6.92 Å². The van der Waals surface area contributed by atoms with Gasteiger partial charge >= 0.3 is 0 Å². The summed E-state index contributed by atoms with van der Waals surface area (Å²) in [5.74, 6) is 0.890. The van der Waals surface area contributed by atoms with Gasteiger partial charge in [0.05, 0.1) is 11.2 Å². The van der Waals surface area contributed by atoms with Crippen LogP contribution in [0.2, 0.25) is 0 Å². The Morgan fingerprint density at radius 1 is 1.21 bits per heavy atom. The van der Waals surface area contributed by atoms with Crippen molar-refractivity contribution in [2.24, 2.45) is 0 Å². The third-order valence-corrected chi connectivity index (χ3v) is 3.09. The molecule has 1 aromatic carbocycles. The number of aryl methyl sites for hydroxylation is 1. The van der Waals surface area contributed by atoms with Crippen LogP contribution in [-0.2, 0) is 6.54 Å². The first-order valence-corrected chi connectivity index (χ1v) is 6.34. The molecule has 0 bridgehead atoms. The fourth-order valence-corrected chi connectivity index (χ4v) is 2.20. The molecule has 0 aliphatic carbocycles. The van der Waals surface area contributed by atoms with Crippen LogP contribution < -0.4 is 5.32 Å². The van der Waals surface area contributed by atoms with Crippen LogP contribution >= 0.6 is 0 Å². The van der Waals surface area contributed by atoms with Gasteiger partial charge in [-0.25, -0.2) is 9.67 Å². The Hall–Kier alpha value is -2.20. The molecule has 0 amide bonds. The molecule has 3 aromatic rings. The molecule has 0 fully saturated rings. The zero-order valence-corrected chi connectivity index (χ0v) is 11.1. The van der Waals surface area contributed by atoms with Gasteiger partial charge in [0.2, 0.25) is 0 Å². The summed E-state index contributed by atoms with van der Waals surface area (Å²) in [6.07, 6.45) is 1.95. The molecule has 0 radical (unpaired) electrons. The zero-order chi connectivity index (χ0) is 13.2. The molecule has 2 heterocycles. The van der Waals surface area contributed by atoms with Crippen LogP contribution in [0.1, 0.15) is 11.3 Å². The van der Waals surface area contributed by atoms with Gasteiger partial charge in [-0.3, -0.25) is 0 Å². The smallest absolute Gasteiger partial charge is 0.158 e. The van der Waals surface area contributed by atoms with Gasteiger partial charge in [-0.2, -0.15) is 5.10 Å². The van der Waals surface area contributed by atoms with Crippen molar-refractivity contribution in [3.8, 4) is 5.82 Å². The summed E-state index contributed by atoms with van der Waals surface area (Å²) >= 11 is 0. The van der Waals surface area contributed by atoms with Gasteiger partial charge in [0, 0.05) is 23.7 Å². The number of pyridine rings is 1. The Morgan fingerprint density at radius 2 is 2.05 bits per heavy atom.